The number of hydrogen-bond donors (Lipinski definition) is 4. The quantitative estimate of drug-likeness (QED) is 0.464. The van der Waals surface area contributed by atoms with Gasteiger partial charge in [0.15, 0.2) is 0 Å². The molecule has 0 saturated carbocycles. The van der Waals surface area contributed by atoms with Crippen LogP contribution in [0.3, 0.4) is 0 Å². The largest absolute Gasteiger partial charge is 0.301 e. The highest BCUT2D eigenvalue weighted by Gasteiger charge is 2.13. The molecule has 8 nitrogen and oxygen atoms in total. The summed E-state index contributed by atoms with van der Waals surface area (Å²) in [5.41, 5.74) is 7.66. The summed E-state index contributed by atoms with van der Waals surface area (Å²) in [6.07, 6.45) is 0. The van der Waals surface area contributed by atoms with Crippen molar-refractivity contribution in [1.29, 1.82) is 0 Å². The zero-order valence-electron chi connectivity index (χ0n) is 12.8. The van der Waals surface area contributed by atoms with Crippen LogP contribution in [0.15, 0.2) is 46.2 Å². The Labute approximate surface area is 140 Å². The van der Waals surface area contributed by atoms with Gasteiger partial charge in [-0.3, -0.25) is 9.11 Å². The molecule has 0 fully saturated rings. The third-order valence-electron chi connectivity index (χ3n) is 3.35. The van der Waals surface area contributed by atoms with Gasteiger partial charge in [-0.25, -0.2) is 0 Å². The van der Waals surface area contributed by atoms with Crippen molar-refractivity contribution in [3.05, 3.63) is 47.5 Å². The maximum atomic E-state index is 11.2. The predicted octanol–water partition coefficient (Wildman–Crippen LogP) is 2.24. The normalized spacial score (nSPS) is 12.0. The summed E-state index contributed by atoms with van der Waals surface area (Å²) in [5, 5.41) is 0. The van der Waals surface area contributed by atoms with Gasteiger partial charge < -0.3 is 10.9 Å². The fourth-order valence-electron chi connectivity index (χ4n) is 1.93. The molecule has 4 N–H and O–H groups in total. The lowest BCUT2D eigenvalue weighted by Gasteiger charge is -2.15. The molecule has 0 spiro atoms. The van der Waals surface area contributed by atoms with Gasteiger partial charge in [0, 0.05) is 0 Å². The average Bonchev–Trinajstić information content (AvgIpc) is 2.45. The van der Waals surface area contributed by atoms with Gasteiger partial charge in [-0.05, 0) is 49.2 Å². The van der Waals surface area contributed by atoms with Crippen LogP contribution in [0.2, 0.25) is 0 Å². The molecule has 130 valence electrons. The van der Waals surface area contributed by atoms with E-state index in [0.717, 1.165) is 0 Å². The molecule has 0 aliphatic heterocycles. The molecular weight excluding hydrogens is 356 g/mol. The van der Waals surface area contributed by atoms with E-state index in [4.69, 9.17) is 9.11 Å². The topological polar surface area (TPSA) is 133 Å². The lowest BCUT2D eigenvalue weighted by molar-refractivity contribution is 0.481. The molecule has 0 aromatic heterocycles. The molecule has 0 radical (unpaired) electrons. The second kappa shape index (κ2) is 6.40. The first kappa shape index (κ1) is 18.2. The van der Waals surface area contributed by atoms with Crippen LogP contribution < -0.4 is 10.9 Å². The van der Waals surface area contributed by atoms with Crippen molar-refractivity contribution in [3.8, 4) is 0 Å². The van der Waals surface area contributed by atoms with Crippen molar-refractivity contribution < 1.29 is 25.9 Å². The minimum atomic E-state index is -4.34. The molecule has 2 aromatic carbocycles. The molecule has 0 aliphatic carbocycles. The van der Waals surface area contributed by atoms with Crippen LogP contribution in [0.5, 0.6) is 0 Å². The number of anilines is 2. The average molecular weight is 372 g/mol. The minimum Gasteiger partial charge on any atom is -0.301 e. The van der Waals surface area contributed by atoms with Gasteiger partial charge >= 0.3 is 0 Å². The fourth-order valence-corrected chi connectivity index (χ4v) is 2.94. The SMILES string of the molecule is Cc1ccc(S(=O)(=O)O)cc1NNc1cc(S(=O)(=O)O)ccc1C. The Balaban J connectivity index is 2.32. The molecular formula is C14H16N2O6S2. The van der Waals surface area contributed by atoms with Gasteiger partial charge in [-0.15, -0.1) is 0 Å². The number of hydrazine groups is 1. The number of benzene rings is 2. The van der Waals surface area contributed by atoms with Crippen molar-refractivity contribution >= 4 is 31.6 Å². The van der Waals surface area contributed by atoms with Crippen molar-refractivity contribution in [2.45, 2.75) is 23.6 Å². The van der Waals surface area contributed by atoms with Gasteiger partial charge in [0.05, 0.1) is 21.2 Å². The first-order valence-electron chi connectivity index (χ1n) is 6.67. The lowest BCUT2D eigenvalue weighted by atomic mass is 10.2. The van der Waals surface area contributed by atoms with Gasteiger partial charge in [-0.2, -0.15) is 16.8 Å². The summed E-state index contributed by atoms with van der Waals surface area (Å²) in [7, 11) is -8.68. The maximum Gasteiger partial charge on any atom is 0.294 e. The Morgan fingerprint density at radius 3 is 1.33 bits per heavy atom. The van der Waals surface area contributed by atoms with Gasteiger partial charge in [0.1, 0.15) is 0 Å². The van der Waals surface area contributed by atoms with Gasteiger partial charge in [-0.1, -0.05) is 12.1 Å². The van der Waals surface area contributed by atoms with Crippen LogP contribution in [0.1, 0.15) is 11.1 Å². The molecule has 0 bridgehead atoms. The fraction of sp³-hybridized carbons (Fsp3) is 0.143. The smallest absolute Gasteiger partial charge is 0.294 e. The minimum absolute atomic E-state index is 0.277. The zero-order chi connectivity index (χ0) is 18.1. The summed E-state index contributed by atoms with van der Waals surface area (Å²) in [5.74, 6) is 0. The predicted molar refractivity (Wildman–Crippen MR) is 89.2 cm³/mol. The van der Waals surface area contributed by atoms with E-state index in [2.05, 4.69) is 10.9 Å². The van der Waals surface area contributed by atoms with Crippen LogP contribution >= 0.6 is 0 Å². The van der Waals surface area contributed by atoms with Crippen LogP contribution in [0, 0.1) is 13.8 Å². The van der Waals surface area contributed by atoms with E-state index < -0.39 is 20.2 Å². The van der Waals surface area contributed by atoms with E-state index in [1.807, 2.05) is 0 Å². The highest BCUT2D eigenvalue weighted by atomic mass is 32.2. The van der Waals surface area contributed by atoms with Crippen LogP contribution in [0.25, 0.3) is 0 Å². The Bertz CT molecular complexity index is 903. The van der Waals surface area contributed by atoms with Crippen LogP contribution in [-0.2, 0) is 20.2 Å². The first-order chi connectivity index (χ1) is 11.0. The van der Waals surface area contributed by atoms with Crippen molar-refractivity contribution in [1.82, 2.24) is 0 Å². The standard InChI is InChI=1S/C14H16N2O6S2/c1-9-3-5-11(23(17,18)19)7-13(9)15-16-14-8-12(24(20,21)22)6-4-10(14)2/h3-8,15-16H,1-2H3,(H,17,18,19)(H,20,21,22). The molecule has 0 amide bonds. The third-order valence-corrected chi connectivity index (χ3v) is 5.04. The highest BCUT2D eigenvalue weighted by Crippen LogP contribution is 2.23. The van der Waals surface area contributed by atoms with Gasteiger partial charge in [0.25, 0.3) is 20.2 Å². The molecule has 0 unspecified atom stereocenters. The molecule has 0 heterocycles. The van der Waals surface area contributed by atoms with Crippen LogP contribution in [0.4, 0.5) is 11.4 Å². The summed E-state index contributed by atoms with van der Waals surface area (Å²) in [4.78, 5) is -0.554. The monoisotopic (exact) mass is 372 g/mol. The van der Waals surface area contributed by atoms with Crippen molar-refractivity contribution in [3.63, 3.8) is 0 Å². The zero-order valence-corrected chi connectivity index (χ0v) is 14.4. The van der Waals surface area contributed by atoms with E-state index in [1.165, 1.54) is 36.4 Å². The number of hydrogen-bond acceptors (Lipinski definition) is 6. The molecule has 0 aliphatic rings. The molecule has 2 aromatic rings. The summed E-state index contributed by atoms with van der Waals surface area (Å²) < 4.78 is 62.9. The van der Waals surface area contributed by atoms with Crippen molar-refractivity contribution in [2.24, 2.45) is 0 Å². The third kappa shape index (κ3) is 4.23. The van der Waals surface area contributed by atoms with E-state index in [-0.39, 0.29) is 9.79 Å². The molecule has 0 saturated heterocycles. The molecule has 24 heavy (non-hydrogen) atoms. The number of nitrogens with one attached hydrogen (secondary N) is 2. The van der Waals surface area contributed by atoms with E-state index in [1.54, 1.807) is 13.8 Å². The highest BCUT2D eigenvalue weighted by molar-refractivity contribution is 7.86. The van der Waals surface area contributed by atoms with E-state index in [0.29, 0.717) is 22.5 Å². The van der Waals surface area contributed by atoms with Crippen molar-refractivity contribution in [2.75, 3.05) is 10.9 Å². The molecule has 10 heteroatoms. The first-order valence-corrected chi connectivity index (χ1v) is 9.55. The second-order valence-electron chi connectivity index (χ2n) is 5.15. The summed E-state index contributed by atoms with van der Waals surface area (Å²) in [6.45, 7) is 3.44. The Morgan fingerprint density at radius 1 is 0.708 bits per heavy atom. The molecule has 2 rings (SSSR count). The van der Waals surface area contributed by atoms with Crippen LogP contribution in [-0.4, -0.2) is 25.9 Å². The summed E-state index contributed by atoms with van der Waals surface area (Å²) >= 11 is 0. The number of aryl methyl sites for hydroxylation is 2. The molecule has 0 atom stereocenters. The Morgan fingerprint density at radius 2 is 1.04 bits per heavy atom. The lowest BCUT2D eigenvalue weighted by Crippen LogP contribution is -2.12. The van der Waals surface area contributed by atoms with Gasteiger partial charge in [0.2, 0.25) is 0 Å². The Kier molecular flexibility index (Phi) is 4.85. The maximum absolute atomic E-state index is 11.2. The Hall–Kier alpha value is -2.14. The number of rotatable bonds is 5. The van der Waals surface area contributed by atoms with E-state index >= 15 is 0 Å². The summed E-state index contributed by atoms with van der Waals surface area (Å²) in [6, 6.07) is 8.02. The van der Waals surface area contributed by atoms with E-state index in [9.17, 15) is 16.8 Å². The second-order valence-corrected chi connectivity index (χ2v) is 8.00.